The lowest BCUT2D eigenvalue weighted by Crippen LogP contribution is -1.97. The fraction of sp³-hybridized carbons (Fsp3) is 0.0909. The van der Waals surface area contributed by atoms with Gasteiger partial charge < -0.3 is 10.1 Å². The highest BCUT2D eigenvalue weighted by Crippen LogP contribution is 2.22. The molecule has 0 fully saturated rings. The first-order valence-electron chi connectivity index (χ1n) is 4.33. The van der Waals surface area contributed by atoms with Crippen molar-refractivity contribution in [3.8, 4) is 0 Å². The number of hydrogen-bond donors (Lipinski definition) is 2. The van der Waals surface area contributed by atoms with Crippen LogP contribution in [-0.4, -0.2) is 10.1 Å². The number of aromatic amines is 1. The summed E-state index contributed by atoms with van der Waals surface area (Å²) in [5.74, 6) is 0. The second-order valence-electron chi connectivity index (χ2n) is 3.10. The molecule has 1 aromatic heterocycles. The van der Waals surface area contributed by atoms with Crippen molar-refractivity contribution >= 4 is 11.6 Å². The van der Waals surface area contributed by atoms with Gasteiger partial charge in [-0.1, -0.05) is 23.7 Å². The van der Waals surface area contributed by atoms with Gasteiger partial charge >= 0.3 is 0 Å². The highest BCUT2D eigenvalue weighted by Gasteiger charge is 2.09. The molecule has 2 nitrogen and oxygen atoms in total. The molecule has 1 atom stereocenters. The smallest absolute Gasteiger partial charge is 0.106 e. The number of H-pyrrole nitrogens is 1. The molecule has 0 aliphatic rings. The Kier molecular flexibility index (Phi) is 2.57. The summed E-state index contributed by atoms with van der Waals surface area (Å²) in [5, 5.41) is 10.6. The fourth-order valence-electron chi connectivity index (χ4n) is 1.34. The molecule has 1 unspecified atom stereocenters. The maximum Gasteiger partial charge on any atom is 0.106 e. The van der Waals surface area contributed by atoms with E-state index in [9.17, 15) is 5.11 Å². The molecule has 0 radical (unpaired) electrons. The van der Waals surface area contributed by atoms with Crippen LogP contribution in [0.2, 0.25) is 5.02 Å². The third kappa shape index (κ3) is 1.81. The molecule has 0 saturated carbocycles. The zero-order chi connectivity index (χ0) is 9.97. The highest BCUT2D eigenvalue weighted by atomic mass is 35.5. The summed E-state index contributed by atoms with van der Waals surface area (Å²) in [6.45, 7) is 0. The molecule has 2 rings (SSSR count). The lowest BCUT2D eigenvalue weighted by Gasteiger charge is -2.08. The van der Waals surface area contributed by atoms with Crippen molar-refractivity contribution in [2.24, 2.45) is 0 Å². The van der Waals surface area contributed by atoms with Crippen LogP contribution in [0, 0.1) is 0 Å². The third-order valence-electron chi connectivity index (χ3n) is 2.12. The van der Waals surface area contributed by atoms with Gasteiger partial charge in [-0.2, -0.15) is 0 Å². The average Bonchev–Trinajstić information content (AvgIpc) is 2.71. The van der Waals surface area contributed by atoms with Gasteiger partial charge in [0.15, 0.2) is 0 Å². The highest BCUT2D eigenvalue weighted by molar-refractivity contribution is 6.30. The molecule has 2 aromatic rings. The van der Waals surface area contributed by atoms with Gasteiger partial charge in [0.05, 0.1) is 0 Å². The van der Waals surface area contributed by atoms with E-state index in [1.807, 2.05) is 18.2 Å². The van der Waals surface area contributed by atoms with Crippen molar-refractivity contribution in [2.45, 2.75) is 6.10 Å². The number of hydrogen-bond acceptors (Lipinski definition) is 1. The molecule has 0 bridgehead atoms. The molecule has 3 heteroatoms. The van der Waals surface area contributed by atoms with Gasteiger partial charge in [0, 0.05) is 23.0 Å². The van der Waals surface area contributed by atoms with Gasteiger partial charge in [-0.15, -0.1) is 0 Å². The van der Waals surface area contributed by atoms with Crippen LogP contribution in [0.3, 0.4) is 0 Å². The van der Waals surface area contributed by atoms with E-state index in [2.05, 4.69) is 4.98 Å². The molecular formula is C11H10ClNO. The predicted molar refractivity (Wildman–Crippen MR) is 56.3 cm³/mol. The molecule has 14 heavy (non-hydrogen) atoms. The largest absolute Gasteiger partial charge is 0.384 e. The van der Waals surface area contributed by atoms with Crippen LogP contribution in [-0.2, 0) is 0 Å². The van der Waals surface area contributed by atoms with E-state index >= 15 is 0 Å². The summed E-state index contributed by atoms with van der Waals surface area (Å²) in [4.78, 5) is 2.91. The second-order valence-corrected chi connectivity index (χ2v) is 3.53. The van der Waals surface area contributed by atoms with E-state index in [0.717, 1.165) is 11.1 Å². The van der Waals surface area contributed by atoms with Gasteiger partial charge in [0.1, 0.15) is 6.10 Å². The van der Waals surface area contributed by atoms with Crippen molar-refractivity contribution in [3.63, 3.8) is 0 Å². The maximum absolute atomic E-state index is 9.91. The Balaban J connectivity index is 2.28. The van der Waals surface area contributed by atoms with Crippen molar-refractivity contribution in [1.29, 1.82) is 0 Å². The van der Waals surface area contributed by atoms with Crippen LogP contribution in [0.1, 0.15) is 17.2 Å². The lowest BCUT2D eigenvalue weighted by molar-refractivity contribution is 0.220. The van der Waals surface area contributed by atoms with Crippen LogP contribution in [0.15, 0.2) is 42.7 Å². The monoisotopic (exact) mass is 207 g/mol. The Morgan fingerprint density at radius 2 is 1.79 bits per heavy atom. The minimum atomic E-state index is -0.585. The Morgan fingerprint density at radius 3 is 2.36 bits per heavy atom. The number of aromatic nitrogens is 1. The van der Waals surface area contributed by atoms with E-state index in [0.29, 0.717) is 5.02 Å². The van der Waals surface area contributed by atoms with Crippen LogP contribution < -0.4 is 0 Å². The van der Waals surface area contributed by atoms with Gasteiger partial charge in [0.2, 0.25) is 0 Å². The molecule has 1 heterocycles. The van der Waals surface area contributed by atoms with Crippen LogP contribution in [0.25, 0.3) is 0 Å². The SMILES string of the molecule is OC(c1ccc(Cl)cc1)c1cc[nH]c1. The lowest BCUT2D eigenvalue weighted by atomic mass is 10.0. The second kappa shape index (κ2) is 3.86. The normalized spacial score (nSPS) is 12.7. The average molecular weight is 208 g/mol. The molecule has 2 N–H and O–H groups in total. The van der Waals surface area contributed by atoms with Gasteiger partial charge in [-0.25, -0.2) is 0 Å². The van der Waals surface area contributed by atoms with E-state index in [1.54, 1.807) is 24.5 Å². The first kappa shape index (κ1) is 9.31. The summed E-state index contributed by atoms with van der Waals surface area (Å²) < 4.78 is 0. The van der Waals surface area contributed by atoms with Crippen LogP contribution in [0.4, 0.5) is 0 Å². The molecule has 0 spiro atoms. The number of aliphatic hydroxyl groups excluding tert-OH is 1. The Hall–Kier alpha value is -1.25. The van der Waals surface area contributed by atoms with E-state index in [-0.39, 0.29) is 0 Å². The summed E-state index contributed by atoms with van der Waals surface area (Å²) in [6, 6.07) is 9.03. The van der Waals surface area contributed by atoms with Crippen molar-refractivity contribution in [2.75, 3.05) is 0 Å². The Morgan fingerprint density at radius 1 is 1.07 bits per heavy atom. The van der Waals surface area contributed by atoms with Crippen molar-refractivity contribution in [1.82, 2.24) is 4.98 Å². The molecule has 0 saturated heterocycles. The van der Waals surface area contributed by atoms with Gasteiger partial charge in [0.25, 0.3) is 0 Å². The predicted octanol–water partition coefficient (Wildman–Crippen LogP) is 2.75. The van der Waals surface area contributed by atoms with Crippen LogP contribution >= 0.6 is 11.6 Å². The van der Waals surface area contributed by atoms with Crippen molar-refractivity contribution in [3.05, 3.63) is 58.9 Å². The van der Waals surface area contributed by atoms with E-state index in [4.69, 9.17) is 11.6 Å². The zero-order valence-corrected chi connectivity index (χ0v) is 8.20. The molecule has 72 valence electrons. The first-order valence-corrected chi connectivity index (χ1v) is 4.71. The molecule has 1 aromatic carbocycles. The quantitative estimate of drug-likeness (QED) is 0.781. The first-order chi connectivity index (χ1) is 6.77. The van der Waals surface area contributed by atoms with E-state index < -0.39 is 6.10 Å². The number of nitrogens with one attached hydrogen (secondary N) is 1. The molecule has 0 aliphatic carbocycles. The minimum Gasteiger partial charge on any atom is -0.384 e. The van der Waals surface area contributed by atoms with Gasteiger partial charge in [-0.05, 0) is 23.8 Å². The minimum absolute atomic E-state index is 0.585. The standard InChI is InChI=1S/C11H10ClNO/c12-10-3-1-8(2-4-10)11(14)9-5-6-13-7-9/h1-7,11,13-14H. The number of rotatable bonds is 2. The summed E-state index contributed by atoms with van der Waals surface area (Å²) >= 11 is 5.75. The number of halogens is 1. The molecule has 0 amide bonds. The van der Waals surface area contributed by atoms with E-state index in [1.165, 1.54) is 0 Å². The molecule has 0 aliphatic heterocycles. The zero-order valence-electron chi connectivity index (χ0n) is 7.44. The number of aliphatic hydroxyl groups is 1. The summed E-state index contributed by atoms with van der Waals surface area (Å²) in [7, 11) is 0. The topological polar surface area (TPSA) is 36.0 Å². The Bertz CT molecular complexity index is 394. The third-order valence-corrected chi connectivity index (χ3v) is 2.38. The fourth-order valence-corrected chi connectivity index (χ4v) is 1.47. The van der Waals surface area contributed by atoms with Crippen LogP contribution in [0.5, 0.6) is 0 Å². The van der Waals surface area contributed by atoms with Crippen molar-refractivity contribution < 1.29 is 5.11 Å². The molecular weight excluding hydrogens is 198 g/mol. The maximum atomic E-state index is 9.91. The van der Waals surface area contributed by atoms with Gasteiger partial charge in [-0.3, -0.25) is 0 Å². The number of benzene rings is 1. The summed E-state index contributed by atoms with van der Waals surface area (Å²) in [6.07, 6.45) is 2.98. The Labute approximate surface area is 87.2 Å². The summed E-state index contributed by atoms with van der Waals surface area (Å²) in [5.41, 5.74) is 1.70.